The molecule has 0 bridgehead atoms. The normalized spacial score (nSPS) is 20.3. The van der Waals surface area contributed by atoms with E-state index < -0.39 is 0 Å². The number of carbonyl (C=O) groups is 1. The molecule has 146 valence electrons. The SMILES string of the molecule is O=C(Cc1ccccc1)N1CCC2(C1)CN(Cc1cccnc1)c1cccnc12. The largest absolute Gasteiger partial charge is 0.365 e. The Bertz CT molecular complexity index is 1010. The highest BCUT2D eigenvalue weighted by Gasteiger charge is 2.49. The summed E-state index contributed by atoms with van der Waals surface area (Å²) in [6.07, 6.45) is 7.03. The summed E-state index contributed by atoms with van der Waals surface area (Å²) in [7, 11) is 0. The topological polar surface area (TPSA) is 49.3 Å². The molecule has 3 aromatic rings. The number of benzene rings is 1. The summed E-state index contributed by atoms with van der Waals surface area (Å²) in [4.78, 5) is 26.4. The fourth-order valence-electron chi connectivity index (χ4n) is 4.73. The van der Waals surface area contributed by atoms with Gasteiger partial charge in [-0.3, -0.25) is 14.8 Å². The Balaban J connectivity index is 1.36. The summed E-state index contributed by atoms with van der Waals surface area (Å²) >= 11 is 0. The molecule has 4 heterocycles. The van der Waals surface area contributed by atoms with Crippen molar-refractivity contribution in [3.8, 4) is 0 Å². The van der Waals surface area contributed by atoms with Crippen LogP contribution in [0.3, 0.4) is 0 Å². The third kappa shape index (κ3) is 3.37. The van der Waals surface area contributed by atoms with Gasteiger partial charge in [-0.1, -0.05) is 36.4 Å². The summed E-state index contributed by atoms with van der Waals surface area (Å²) < 4.78 is 0. The molecule has 1 unspecified atom stereocenters. The number of carbonyl (C=O) groups excluding carboxylic acids is 1. The van der Waals surface area contributed by atoms with Crippen molar-refractivity contribution in [2.75, 3.05) is 24.5 Å². The van der Waals surface area contributed by atoms with E-state index in [-0.39, 0.29) is 11.3 Å². The van der Waals surface area contributed by atoms with Crippen LogP contribution in [0.4, 0.5) is 5.69 Å². The summed E-state index contributed by atoms with van der Waals surface area (Å²) in [5.41, 5.74) is 4.51. The zero-order valence-electron chi connectivity index (χ0n) is 16.4. The van der Waals surface area contributed by atoms with E-state index >= 15 is 0 Å². The maximum atomic E-state index is 12.9. The number of fused-ring (bicyclic) bond motifs is 2. The number of nitrogens with zero attached hydrogens (tertiary/aromatic N) is 4. The van der Waals surface area contributed by atoms with E-state index in [0.29, 0.717) is 6.42 Å². The molecule has 0 saturated carbocycles. The first-order chi connectivity index (χ1) is 14.2. The van der Waals surface area contributed by atoms with Gasteiger partial charge in [0.25, 0.3) is 0 Å². The Morgan fingerprint density at radius 1 is 0.966 bits per heavy atom. The van der Waals surface area contributed by atoms with Gasteiger partial charge in [0.1, 0.15) is 0 Å². The van der Waals surface area contributed by atoms with Gasteiger partial charge >= 0.3 is 0 Å². The van der Waals surface area contributed by atoms with Crippen molar-refractivity contribution in [1.29, 1.82) is 0 Å². The zero-order valence-corrected chi connectivity index (χ0v) is 16.4. The van der Waals surface area contributed by atoms with E-state index in [9.17, 15) is 4.79 Å². The summed E-state index contributed by atoms with van der Waals surface area (Å²) in [5.74, 6) is 0.205. The number of pyridine rings is 2. The lowest BCUT2D eigenvalue weighted by atomic mass is 9.85. The maximum absolute atomic E-state index is 12.9. The smallest absolute Gasteiger partial charge is 0.227 e. The van der Waals surface area contributed by atoms with Crippen LogP contribution in [0.5, 0.6) is 0 Å². The van der Waals surface area contributed by atoms with Crippen LogP contribution in [0.1, 0.15) is 23.2 Å². The summed E-state index contributed by atoms with van der Waals surface area (Å²) in [6, 6.07) is 18.2. The Hall–Kier alpha value is -3.21. The van der Waals surface area contributed by atoms with E-state index in [0.717, 1.165) is 43.9 Å². The highest BCUT2D eigenvalue weighted by Crippen LogP contribution is 2.45. The number of hydrogen-bond acceptors (Lipinski definition) is 4. The van der Waals surface area contributed by atoms with Gasteiger partial charge in [-0.15, -0.1) is 0 Å². The van der Waals surface area contributed by atoms with Crippen molar-refractivity contribution < 1.29 is 4.79 Å². The van der Waals surface area contributed by atoms with Crippen LogP contribution in [0, 0.1) is 0 Å². The molecule has 5 heteroatoms. The van der Waals surface area contributed by atoms with E-state index in [1.54, 1.807) is 6.20 Å². The molecule has 1 aromatic carbocycles. The summed E-state index contributed by atoms with van der Waals surface area (Å²) in [6.45, 7) is 3.24. The first kappa shape index (κ1) is 17.9. The predicted octanol–water partition coefficient (Wildman–Crippen LogP) is 3.21. The van der Waals surface area contributed by atoms with Crippen molar-refractivity contribution in [2.45, 2.75) is 24.8 Å². The van der Waals surface area contributed by atoms with Gasteiger partial charge in [-0.25, -0.2) is 0 Å². The lowest BCUT2D eigenvalue weighted by molar-refractivity contribution is -0.129. The van der Waals surface area contributed by atoms with Crippen LogP contribution in [0.15, 0.2) is 73.2 Å². The van der Waals surface area contributed by atoms with Gasteiger partial charge in [0.2, 0.25) is 5.91 Å². The van der Waals surface area contributed by atoms with Crippen LogP contribution in [-0.2, 0) is 23.2 Å². The molecule has 2 aromatic heterocycles. The molecule has 1 atom stereocenters. The van der Waals surface area contributed by atoms with E-state index in [4.69, 9.17) is 4.98 Å². The number of hydrogen-bond donors (Lipinski definition) is 0. The number of anilines is 1. The molecule has 1 fully saturated rings. The minimum atomic E-state index is -0.0782. The van der Waals surface area contributed by atoms with Crippen molar-refractivity contribution in [3.05, 3.63) is 90.0 Å². The Morgan fingerprint density at radius 3 is 2.62 bits per heavy atom. The molecule has 2 aliphatic heterocycles. The van der Waals surface area contributed by atoms with Gasteiger partial charge in [0.15, 0.2) is 0 Å². The monoisotopic (exact) mass is 384 g/mol. The van der Waals surface area contributed by atoms with Gasteiger partial charge in [0, 0.05) is 44.8 Å². The van der Waals surface area contributed by atoms with Gasteiger partial charge in [-0.05, 0) is 35.7 Å². The van der Waals surface area contributed by atoms with Crippen LogP contribution in [0.2, 0.25) is 0 Å². The summed E-state index contributed by atoms with van der Waals surface area (Å²) in [5, 5.41) is 0. The highest BCUT2D eigenvalue weighted by atomic mass is 16.2. The average Bonchev–Trinajstić information content (AvgIpc) is 3.32. The molecular weight excluding hydrogens is 360 g/mol. The molecule has 29 heavy (non-hydrogen) atoms. The molecule has 0 aliphatic carbocycles. The third-order valence-electron chi connectivity index (χ3n) is 6.12. The second kappa shape index (κ2) is 7.32. The highest BCUT2D eigenvalue weighted by molar-refractivity contribution is 5.79. The maximum Gasteiger partial charge on any atom is 0.227 e. The fraction of sp³-hybridized carbons (Fsp3) is 0.292. The molecule has 0 radical (unpaired) electrons. The van der Waals surface area contributed by atoms with E-state index in [1.165, 1.54) is 11.3 Å². The van der Waals surface area contributed by atoms with Crippen LogP contribution >= 0.6 is 0 Å². The molecule has 0 N–H and O–H groups in total. The van der Waals surface area contributed by atoms with Crippen molar-refractivity contribution in [2.24, 2.45) is 0 Å². The number of aromatic nitrogens is 2. The molecule has 1 amide bonds. The quantitative estimate of drug-likeness (QED) is 0.693. The minimum absolute atomic E-state index is 0.0782. The lowest BCUT2D eigenvalue weighted by Crippen LogP contribution is -2.38. The van der Waals surface area contributed by atoms with Gasteiger partial charge < -0.3 is 9.80 Å². The first-order valence-electron chi connectivity index (χ1n) is 10.1. The van der Waals surface area contributed by atoms with Crippen LogP contribution in [-0.4, -0.2) is 40.4 Å². The van der Waals surface area contributed by atoms with Crippen molar-refractivity contribution in [1.82, 2.24) is 14.9 Å². The van der Waals surface area contributed by atoms with E-state index in [1.807, 2.05) is 59.8 Å². The number of likely N-dealkylation sites (tertiary alicyclic amines) is 1. The lowest BCUT2D eigenvalue weighted by Gasteiger charge is -2.26. The van der Waals surface area contributed by atoms with Crippen molar-refractivity contribution in [3.63, 3.8) is 0 Å². The third-order valence-corrected chi connectivity index (χ3v) is 6.12. The number of rotatable bonds is 4. The molecule has 1 spiro atoms. The first-order valence-corrected chi connectivity index (χ1v) is 10.1. The average molecular weight is 384 g/mol. The van der Waals surface area contributed by atoms with E-state index in [2.05, 4.69) is 22.0 Å². The minimum Gasteiger partial charge on any atom is -0.365 e. The Kier molecular flexibility index (Phi) is 4.51. The predicted molar refractivity (Wildman–Crippen MR) is 113 cm³/mol. The molecular formula is C24H24N4O. The van der Waals surface area contributed by atoms with Gasteiger partial charge in [0.05, 0.1) is 23.2 Å². The second-order valence-electron chi connectivity index (χ2n) is 8.10. The number of amides is 1. The van der Waals surface area contributed by atoms with Crippen molar-refractivity contribution >= 4 is 11.6 Å². The molecule has 2 aliphatic rings. The Labute approximate surface area is 171 Å². The zero-order chi connectivity index (χ0) is 19.7. The van der Waals surface area contributed by atoms with Gasteiger partial charge in [-0.2, -0.15) is 0 Å². The standard InChI is InChI=1S/C24H24N4O/c29-22(14-19-6-2-1-3-7-19)27-13-10-24(17-27)18-28(16-20-8-4-11-25-15-20)21-9-5-12-26-23(21)24/h1-9,11-12,15H,10,13-14,16-18H2. The van der Waals surface area contributed by atoms with Crippen LogP contribution < -0.4 is 4.90 Å². The fourth-order valence-corrected chi connectivity index (χ4v) is 4.73. The Morgan fingerprint density at radius 2 is 1.79 bits per heavy atom. The molecule has 5 rings (SSSR count). The van der Waals surface area contributed by atoms with Crippen LogP contribution in [0.25, 0.3) is 0 Å². The molecule has 1 saturated heterocycles. The second-order valence-corrected chi connectivity index (χ2v) is 8.10. The molecule has 5 nitrogen and oxygen atoms in total.